The zero-order valence-electron chi connectivity index (χ0n) is 7.78. The zero-order valence-corrected chi connectivity index (χ0v) is 10.1. The number of furan rings is 1. The van der Waals surface area contributed by atoms with Gasteiger partial charge in [0.15, 0.2) is 4.67 Å². The van der Waals surface area contributed by atoms with Crippen LogP contribution in [-0.2, 0) is 0 Å². The van der Waals surface area contributed by atoms with Gasteiger partial charge >= 0.3 is 0 Å². The van der Waals surface area contributed by atoms with Gasteiger partial charge in [-0.2, -0.15) is 0 Å². The Morgan fingerprint density at radius 1 is 1.50 bits per heavy atom. The van der Waals surface area contributed by atoms with Crippen molar-refractivity contribution in [3.63, 3.8) is 0 Å². The van der Waals surface area contributed by atoms with Gasteiger partial charge in [0.2, 0.25) is 5.95 Å². The molecule has 2 rings (SSSR count). The summed E-state index contributed by atoms with van der Waals surface area (Å²) in [6.07, 6.45) is 2.85. The van der Waals surface area contributed by atoms with E-state index in [0.717, 1.165) is 0 Å². The molecule has 0 radical (unpaired) electrons. The van der Waals surface area contributed by atoms with E-state index < -0.39 is 0 Å². The predicted molar refractivity (Wildman–Crippen MR) is 61.4 cm³/mol. The molecule has 0 fully saturated rings. The summed E-state index contributed by atoms with van der Waals surface area (Å²) in [5, 5.41) is 2.75. The summed E-state index contributed by atoms with van der Waals surface area (Å²) in [6, 6.07) is 3.05. The summed E-state index contributed by atoms with van der Waals surface area (Å²) < 4.78 is 5.29. The molecule has 2 aromatic heterocycles. The van der Waals surface area contributed by atoms with Gasteiger partial charge in [-0.3, -0.25) is 10.1 Å². The minimum Gasteiger partial charge on any atom is -0.457 e. The van der Waals surface area contributed by atoms with Gasteiger partial charge in [-0.25, -0.2) is 9.97 Å². The molecule has 0 bridgehead atoms. The van der Waals surface area contributed by atoms with Crippen molar-refractivity contribution in [2.75, 3.05) is 5.32 Å². The third kappa shape index (κ3) is 2.40. The molecule has 0 spiro atoms. The first-order valence-corrected chi connectivity index (χ1v) is 5.37. The van der Waals surface area contributed by atoms with Crippen LogP contribution in [0.1, 0.15) is 10.4 Å². The lowest BCUT2D eigenvalue weighted by molar-refractivity contribution is 0.102. The normalized spacial score (nSPS) is 10.1. The molecule has 7 heteroatoms. The number of hydrogen-bond donors (Lipinski definition) is 1. The molecule has 0 saturated heterocycles. The van der Waals surface area contributed by atoms with E-state index in [4.69, 9.17) is 16.0 Å². The second-order valence-corrected chi connectivity index (χ2v) is 3.87. The Bertz CT molecular complexity index is 529. The summed E-state index contributed by atoms with van der Waals surface area (Å²) in [4.78, 5) is 19.4. The maximum Gasteiger partial charge on any atom is 0.262 e. The second-order valence-electron chi connectivity index (χ2n) is 2.77. The monoisotopic (exact) mass is 301 g/mol. The molecule has 1 amide bonds. The molecular formula is C9H5BrClN3O2. The van der Waals surface area contributed by atoms with Crippen LogP contribution in [0, 0.1) is 0 Å². The van der Waals surface area contributed by atoms with E-state index in [-0.39, 0.29) is 17.0 Å². The SMILES string of the molecule is O=C(Nc1nccc(Cl)n1)c1ccoc1Br. The highest BCUT2D eigenvalue weighted by Crippen LogP contribution is 2.18. The van der Waals surface area contributed by atoms with Crippen molar-refractivity contribution < 1.29 is 9.21 Å². The number of amides is 1. The van der Waals surface area contributed by atoms with Crippen molar-refractivity contribution >= 4 is 39.4 Å². The lowest BCUT2D eigenvalue weighted by atomic mass is 10.3. The highest BCUT2D eigenvalue weighted by Gasteiger charge is 2.13. The summed E-state index contributed by atoms with van der Waals surface area (Å²) in [5.41, 5.74) is 0.364. The maximum atomic E-state index is 11.7. The van der Waals surface area contributed by atoms with Crippen LogP contribution in [0.15, 0.2) is 33.7 Å². The largest absolute Gasteiger partial charge is 0.457 e. The molecule has 0 aromatic carbocycles. The van der Waals surface area contributed by atoms with E-state index >= 15 is 0 Å². The van der Waals surface area contributed by atoms with E-state index in [2.05, 4.69) is 31.2 Å². The Morgan fingerprint density at radius 3 is 2.94 bits per heavy atom. The highest BCUT2D eigenvalue weighted by molar-refractivity contribution is 9.10. The van der Waals surface area contributed by atoms with Gasteiger partial charge in [-0.15, -0.1) is 0 Å². The quantitative estimate of drug-likeness (QED) is 0.866. The molecule has 1 N–H and O–H groups in total. The first-order valence-electron chi connectivity index (χ1n) is 4.19. The van der Waals surface area contributed by atoms with Gasteiger partial charge in [-0.05, 0) is 28.1 Å². The Balaban J connectivity index is 2.17. The van der Waals surface area contributed by atoms with Gasteiger partial charge < -0.3 is 4.42 Å². The molecule has 0 aliphatic carbocycles. The first kappa shape index (κ1) is 11.1. The van der Waals surface area contributed by atoms with Crippen LogP contribution in [0.5, 0.6) is 0 Å². The standard InChI is InChI=1S/C9H5BrClN3O2/c10-7-5(2-4-16-7)8(15)14-9-12-3-1-6(11)13-9/h1-4H,(H,12,13,14,15). The molecule has 2 heterocycles. The van der Waals surface area contributed by atoms with Crippen LogP contribution < -0.4 is 5.32 Å². The first-order chi connectivity index (χ1) is 7.66. The van der Waals surface area contributed by atoms with Crippen LogP contribution in [0.2, 0.25) is 5.15 Å². The van der Waals surface area contributed by atoms with E-state index in [0.29, 0.717) is 10.2 Å². The van der Waals surface area contributed by atoms with E-state index in [1.54, 1.807) is 0 Å². The smallest absolute Gasteiger partial charge is 0.262 e. The van der Waals surface area contributed by atoms with E-state index in [1.807, 2.05) is 0 Å². The van der Waals surface area contributed by atoms with Crippen molar-refractivity contribution in [3.05, 3.63) is 40.0 Å². The van der Waals surface area contributed by atoms with Gasteiger partial charge in [0.05, 0.1) is 11.8 Å². The number of aromatic nitrogens is 2. The summed E-state index contributed by atoms with van der Waals surface area (Å²) in [6.45, 7) is 0. The Kier molecular flexibility index (Phi) is 3.21. The topological polar surface area (TPSA) is 68.0 Å². The number of hydrogen-bond acceptors (Lipinski definition) is 4. The van der Waals surface area contributed by atoms with Crippen molar-refractivity contribution in [2.45, 2.75) is 0 Å². The third-order valence-corrected chi connectivity index (χ3v) is 2.53. The summed E-state index contributed by atoms with van der Waals surface area (Å²) in [7, 11) is 0. The molecule has 82 valence electrons. The zero-order chi connectivity index (χ0) is 11.5. The van der Waals surface area contributed by atoms with E-state index in [9.17, 15) is 4.79 Å². The van der Waals surface area contributed by atoms with Crippen molar-refractivity contribution in [2.24, 2.45) is 0 Å². The highest BCUT2D eigenvalue weighted by atomic mass is 79.9. The fourth-order valence-corrected chi connectivity index (χ4v) is 1.58. The van der Waals surface area contributed by atoms with Crippen LogP contribution in [-0.4, -0.2) is 15.9 Å². The second kappa shape index (κ2) is 4.63. The van der Waals surface area contributed by atoms with Gasteiger partial charge in [0.1, 0.15) is 5.15 Å². The molecule has 0 aliphatic rings. The van der Waals surface area contributed by atoms with E-state index in [1.165, 1.54) is 24.6 Å². The molecular weight excluding hydrogens is 297 g/mol. The minimum absolute atomic E-state index is 0.144. The molecule has 0 saturated carbocycles. The maximum absolute atomic E-state index is 11.7. The molecule has 0 aliphatic heterocycles. The van der Waals surface area contributed by atoms with Crippen molar-refractivity contribution in [1.82, 2.24) is 9.97 Å². The fourth-order valence-electron chi connectivity index (χ4n) is 1.02. The fraction of sp³-hybridized carbons (Fsp3) is 0. The average Bonchev–Trinajstić information content (AvgIpc) is 2.64. The van der Waals surface area contributed by atoms with Crippen molar-refractivity contribution in [3.8, 4) is 0 Å². The van der Waals surface area contributed by atoms with Gasteiger partial charge in [0.25, 0.3) is 5.91 Å². The number of carbonyl (C=O) groups is 1. The molecule has 0 atom stereocenters. The lowest BCUT2D eigenvalue weighted by Crippen LogP contribution is -2.13. The third-order valence-electron chi connectivity index (χ3n) is 1.71. The average molecular weight is 303 g/mol. The summed E-state index contributed by atoms with van der Waals surface area (Å²) in [5.74, 6) is -0.228. The number of anilines is 1. The van der Waals surface area contributed by atoms with Crippen LogP contribution in [0.4, 0.5) is 5.95 Å². The Labute approximate surface area is 104 Å². The predicted octanol–water partition coefficient (Wildman–Crippen LogP) is 2.74. The number of rotatable bonds is 2. The van der Waals surface area contributed by atoms with Crippen molar-refractivity contribution in [1.29, 1.82) is 0 Å². The molecule has 0 unspecified atom stereocenters. The number of nitrogens with zero attached hydrogens (tertiary/aromatic N) is 2. The van der Waals surface area contributed by atoms with Crippen LogP contribution in [0.25, 0.3) is 0 Å². The Hall–Kier alpha value is -1.40. The number of carbonyl (C=O) groups excluding carboxylic acids is 1. The number of halogens is 2. The number of nitrogens with one attached hydrogen (secondary N) is 1. The molecule has 16 heavy (non-hydrogen) atoms. The van der Waals surface area contributed by atoms with Gasteiger partial charge in [0, 0.05) is 6.20 Å². The molecule has 2 aromatic rings. The van der Waals surface area contributed by atoms with Crippen LogP contribution >= 0.6 is 27.5 Å². The van der Waals surface area contributed by atoms with Gasteiger partial charge in [-0.1, -0.05) is 11.6 Å². The van der Waals surface area contributed by atoms with Crippen LogP contribution in [0.3, 0.4) is 0 Å². The lowest BCUT2D eigenvalue weighted by Gasteiger charge is -2.01. The Morgan fingerprint density at radius 2 is 2.31 bits per heavy atom. The molecule has 5 nitrogen and oxygen atoms in total. The summed E-state index contributed by atoms with van der Waals surface area (Å²) >= 11 is 8.75. The minimum atomic E-state index is -0.372.